The highest BCUT2D eigenvalue weighted by atomic mass is 16.5. The van der Waals surface area contributed by atoms with E-state index in [9.17, 15) is 4.79 Å². The first kappa shape index (κ1) is 13.2. The minimum Gasteiger partial charge on any atom is -0.497 e. The van der Waals surface area contributed by atoms with Crippen molar-refractivity contribution >= 4 is 11.6 Å². The van der Waals surface area contributed by atoms with Crippen LogP contribution in [0, 0.1) is 5.92 Å². The monoisotopic (exact) mass is 275 g/mol. The third kappa shape index (κ3) is 2.12. The van der Waals surface area contributed by atoms with Gasteiger partial charge in [-0.1, -0.05) is 0 Å². The summed E-state index contributed by atoms with van der Waals surface area (Å²) in [5, 5.41) is 3.42. The minimum atomic E-state index is -0.610. The molecule has 3 unspecified atom stereocenters. The predicted molar refractivity (Wildman–Crippen MR) is 77.7 cm³/mol. The van der Waals surface area contributed by atoms with Crippen molar-refractivity contribution in [3.05, 3.63) is 24.3 Å². The normalized spacial score (nSPS) is 31.9. The maximum atomic E-state index is 12.1. The lowest BCUT2D eigenvalue weighted by atomic mass is 9.78. The number of hydrogen-bond acceptors (Lipinski definition) is 4. The Bertz CT molecular complexity index is 502. The Labute approximate surface area is 119 Å². The molecule has 2 aliphatic rings. The predicted octanol–water partition coefficient (Wildman–Crippen LogP) is 1.06. The van der Waals surface area contributed by atoms with E-state index < -0.39 is 5.54 Å². The lowest BCUT2D eigenvalue weighted by Gasteiger charge is -2.41. The smallest absolute Gasteiger partial charge is 0.243 e. The van der Waals surface area contributed by atoms with E-state index in [1.807, 2.05) is 24.3 Å². The van der Waals surface area contributed by atoms with Crippen LogP contribution in [0.2, 0.25) is 0 Å². The van der Waals surface area contributed by atoms with Crippen LogP contribution in [0.25, 0.3) is 0 Å². The molecular weight excluding hydrogens is 254 g/mol. The fourth-order valence-corrected chi connectivity index (χ4v) is 3.46. The summed E-state index contributed by atoms with van der Waals surface area (Å²) in [7, 11) is 1.64. The number of anilines is 1. The third-order valence-electron chi connectivity index (χ3n) is 4.69. The number of primary amides is 1. The van der Waals surface area contributed by atoms with Gasteiger partial charge in [-0.3, -0.25) is 4.79 Å². The molecule has 2 heterocycles. The summed E-state index contributed by atoms with van der Waals surface area (Å²) >= 11 is 0. The first-order chi connectivity index (χ1) is 9.64. The maximum absolute atomic E-state index is 12.1. The summed E-state index contributed by atoms with van der Waals surface area (Å²) in [4.78, 5) is 14.5. The number of hydrogen-bond donors (Lipinski definition) is 2. The van der Waals surface area contributed by atoms with Gasteiger partial charge in [0.15, 0.2) is 0 Å². The zero-order valence-electron chi connectivity index (χ0n) is 11.8. The number of nitrogens with one attached hydrogen (secondary N) is 1. The lowest BCUT2D eigenvalue weighted by molar-refractivity contribution is -0.125. The fraction of sp³-hybridized carbons (Fsp3) is 0.533. The molecule has 0 aliphatic carbocycles. The average molecular weight is 275 g/mol. The van der Waals surface area contributed by atoms with Gasteiger partial charge in [-0.15, -0.1) is 0 Å². The molecule has 2 bridgehead atoms. The van der Waals surface area contributed by atoms with Gasteiger partial charge in [0.25, 0.3) is 0 Å². The first-order valence-electron chi connectivity index (χ1n) is 7.08. The summed E-state index contributed by atoms with van der Waals surface area (Å²) in [6.07, 6.45) is 1.81. The Morgan fingerprint density at radius 1 is 1.40 bits per heavy atom. The van der Waals surface area contributed by atoms with Crippen LogP contribution in [-0.2, 0) is 4.79 Å². The number of piperidine rings is 1. The van der Waals surface area contributed by atoms with Crippen molar-refractivity contribution in [1.82, 2.24) is 4.90 Å². The van der Waals surface area contributed by atoms with Crippen LogP contribution in [0.1, 0.15) is 12.8 Å². The Kier molecular flexibility index (Phi) is 3.30. The Morgan fingerprint density at radius 2 is 2.15 bits per heavy atom. The standard InChI is InChI=1S/C15H21N3O2/c1-20-13-4-2-12(3-5-13)17-15(14(16)19)7-9-18-8-6-11(15)10-18/h2-5,11,17H,6-10H2,1H3,(H2,16,19). The van der Waals surface area contributed by atoms with Crippen LogP contribution in [-0.4, -0.2) is 43.1 Å². The molecule has 3 N–H and O–H groups in total. The summed E-state index contributed by atoms with van der Waals surface area (Å²) in [6, 6.07) is 7.65. The van der Waals surface area contributed by atoms with Gasteiger partial charge < -0.3 is 20.7 Å². The molecule has 108 valence electrons. The number of rotatable bonds is 4. The van der Waals surface area contributed by atoms with Gasteiger partial charge in [0, 0.05) is 24.7 Å². The zero-order chi connectivity index (χ0) is 14.2. The highest BCUT2D eigenvalue weighted by Crippen LogP contribution is 2.38. The van der Waals surface area contributed by atoms with Crippen LogP contribution in [0.5, 0.6) is 5.75 Å². The van der Waals surface area contributed by atoms with E-state index in [2.05, 4.69) is 10.2 Å². The summed E-state index contributed by atoms with van der Waals surface area (Å²) in [5.41, 5.74) is 6.06. The molecule has 0 aromatic heterocycles. The molecule has 3 atom stereocenters. The molecule has 1 aromatic rings. The van der Waals surface area contributed by atoms with E-state index in [1.165, 1.54) is 0 Å². The van der Waals surface area contributed by atoms with Gasteiger partial charge in [0.2, 0.25) is 5.91 Å². The van der Waals surface area contributed by atoms with Crippen molar-refractivity contribution in [1.29, 1.82) is 0 Å². The van der Waals surface area contributed by atoms with Gasteiger partial charge in [-0.25, -0.2) is 0 Å². The van der Waals surface area contributed by atoms with Crippen LogP contribution in [0.4, 0.5) is 5.69 Å². The molecule has 3 rings (SSSR count). The molecular formula is C15H21N3O2. The zero-order valence-corrected chi connectivity index (χ0v) is 11.8. The molecule has 2 fully saturated rings. The van der Waals surface area contributed by atoms with Crippen LogP contribution in [0.15, 0.2) is 24.3 Å². The van der Waals surface area contributed by atoms with Crippen molar-refractivity contribution in [3.8, 4) is 5.75 Å². The van der Waals surface area contributed by atoms with Crippen LogP contribution >= 0.6 is 0 Å². The molecule has 0 spiro atoms. The van der Waals surface area contributed by atoms with Crippen molar-refractivity contribution in [2.24, 2.45) is 11.7 Å². The van der Waals surface area contributed by atoms with Crippen LogP contribution < -0.4 is 15.8 Å². The highest BCUT2D eigenvalue weighted by molar-refractivity contribution is 5.88. The molecule has 1 amide bonds. The molecule has 0 radical (unpaired) electrons. The van der Waals surface area contributed by atoms with Gasteiger partial charge in [-0.2, -0.15) is 0 Å². The minimum absolute atomic E-state index is 0.236. The molecule has 0 saturated carbocycles. The van der Waals surface area contributed by atoms with Crippen LogP contribution in [0.3, 0.4) is 0 Å². The molecule has 1 aromatic carbocycles. The summed E-state index contributed by atoms with van der Waals surface area (Å²) in [5.74, 6) is 0.870. The van der Waals surface area contributed by atoms with Gasteiger partial charge in [-0.05, 0) is 43.7 Å². The molecule has 20 heavy (non-hydrogen) atoms. The number of carbonyl (C=O) groups is 1. The number of fused-ring (bicyclic) bond motifs is 2. The number of nitrogens with two attached hydrogens (primary N) is 1. The third-order valence-corrected chi connectivity index (χ3v) is 4.69. The quantitative estimate of drug-likeness (QED) is 0.862. The van der Waals surface area contributed by atoms with Gasteiger partial charge in [0.05, 0.1) is 7.11 Å². The first-order valence-corrected chi connectivity index (χ1v) is 7.08. The summed E-state index contributed by atoms with van der Waals surface area (Å²) < 4.78 is 5.15. The SMILES string of the molecule is COc1ccc(NC2(C(N)=O)CCN3CCC2C3)cc1. The van der Waals surface area contributed by atoms with E-state index in [0.29, 0.717) is 5.92 Å². The maximum Gasteiger partial charge on any atom is 0.243 e. The van der Waals surface area contributed by atoms with Gasteiger partial charge in [0.1, 0.15) is 11.3 Å². The number of amides is 1. The second kappa shape index (κ2) is 4.98. The number of ether oxygens (including phenoxy) is 1. The Balaban J connectivity index is 1.85. The van der Waals surface area contributed by atoms with Crippen molar-refractivity contribution in [2.75, 3.05) is 32.1 Å². The van der Waals surface area contributed by atoms with Crippen molar-refractivity contribution < 1.29 is 9.53 Å². The number of benzene rings is 1. The Morgan fingerprint density at radius 3 is 2.80 bits per heavy atom. The molecule has 2 saturated heterocycles. The number of carbonyl (C=O) groups excluding carboxylic acids is 1. The largest absolute Gasteiger partial charge is 0.497 e. The molecule has 5 heteroatoms. The fourth-order valence-electron chi connectivity index (χ4n) is 3.46. The van der Waals surface area contributed by atoms with Gasteiger partial charge >= 0.3 is 0 Å². The number of nitrogens with zero attached hydrogens (tertiary/aromatic N) is 1. The second-order valence-electron chi connectivity index (χ2n) is 5.73. The summed E-state index contributed by atoms with van der Waals surface area (Å²) in [6.45, 7) is 2.97. The van der Waals surface area contributed by atoms with E-state index in [-0.39, 0.29) is 5.91 Å². The Hall–Kier alpha value is -1.75. The highest BCUT2D eigenvalue weighted by Gasteiger charge is 2.50. The van der Waals surface area contributed by atoms with E-state index in [1.54, 1.807) is 7.11 Å². The lowest BCUT2D eigenvalue weighted by Crippen LogP contribution is -2.60. The van der Waals surface area contributed by atoms with Crippen molar-refractivity contribution in [2.45, 2.75) is 18.4 Å². The average Bonchev–Trinajstić information content (AvgIpc) is 2.87. The van der Waals surface area contributed by atoms with Crippen molar-refractivity contribution in [3.63, 3.8) is 0 Å². The molecule has 5 nitrogen and oxygen atoms in total. The van der Waals surface area contributed by atoms with E-state index >= 15 is 0 Å². The second-order valence-corrected chi connectivity index (χ2v) is 5.73. The molecule has 2 aliphatic heterocycles. The number of methoxy groups -OCH3 is 1. The van der Waals surface area contributed by atoms with E-state index in [4.69, 9.17) is 10.5 Å². The van der Waals surface area contributed by atoms with E-state index in [0.717, 1.165) is 43.9 Å². The topological polar surface area (TPSA) is 67.6 Å².